The molecule has 1 aromatic carbocycles. The van der Waals surface area contributed by atoms with Gasteiger partial charge in [0.05, 0.1) is 5.41 Å². The van der Waals surface area contributed by atoms with E-state index in [0.717, 1.165) is 31.4 Å². The van der Waals surface area contributed by atoms with Gasteiger partial charge in [-0.3, -0.25) is 4.79 Å². The van der Waals surface area contributed by atoms with Gasteiger partial charge in [0.2, 0.25) is 0 Å². The van der Waals surface area contributed by atoms with Crippen LogP contribution in [0.3, 0.4) is 0 Å². The Labute approximate surface area is 115 Å². The number of nitrogens with one attached hydrogen (secondary N) is 1. The minimum absolute atomic E-state index is 0.532. The zero-order valence-electron chi connectivity index (χ0n) is 11.8. The molecule has 3 heteroatoms. The molecule has 0 saturated heterocycles. The van der Waals surface area contributed by atoms with Gasteiger partial charge in [0.1, 0.15) is 0 Å². The van der Waals surface area contributed by atoms with Crippen molar-refractivity contribution < 1.29 is 9.90 Å². The highest BCUT2D eigenvalue weighted by atomic mass is 16.4. The molecule has 2 rings (SSSR count). The summed E-state index contributed by atoms with van der Waals surface area (Å²) in [6.07, 6.45) is 3.75. The first-order valence-electron chi connectivity index (χ1n) is 7.14. The molecule has 1 aliphatic rings. The van der Waals surface area contributed by atoms with E-state index in [0.29, 0.717) is 12.5 Å². The molecule has 0 spiro atoms. The predicted octanol–water partition coefficient (Wildman–Crippen LogP) is 3.87. The number of carbonyl (C=O) groups is 1. The van der Waals surface area contributed by atoms with Crippen molar-refractivity contribution in [2.45, 2.75) is 45.4 Å². The van der Waals surface area contributed by atoms with Crippen LogP contribution in [0.25, 0.3) is 0 Å². The van der Waals surface area contributed by atoms with Gasteiger partial charge >= 0.3 is 5.97 Å². The molecule has 2 N–H and O–H groups in total. The van der Waals surface area contributed by atoms with Crippen molar-refractivity contribution >= 4 is 11.7 Å². The average Bonchev–Trinajstić information content (AvgIpc) is 2.37. The number of carboxylic acid groups (broad SMARTS) is 1. The van der Waals surface area contributed by atoms with Crippen molar-refractivity contribution in [2.75, 3.05) is 11.9 Å². The Morgan fingerprint density at radius 3 is 2.42 bits per heavy atom. The lowest BCUT2D eigenvalue weighted by atomic mass is 9.69. The first kappa shape index (κ1) is 13.9. The van der Waals surface area contributed by atoms with Crippen LogP contribution in [0.5, 0.6) is 0 Å². The summed E-state index contributed by atoms with van der Waals surface area (Å²) in [5.41, 5.74) is 1.82. The van der Waals surface area contributed by atoms with Crippen molar-refractivity contribution in [1.82, 2.24) is 0 Å². The van der Waals surface area contributed by atoms with E-state index in [4.69, 9.17) is 0 Å². The topological polar surface area (TPSA) is 49.3 Å². The number of aliphatic carboxylic acids is 1. The fraction of sp³-hybridized carbons (Fsp3) is 0.562. The van der Waals surface area contributed by atoms with Crippen LogP contribution in [0, 0.1) is 5.41 Å². The highest BCUT2D eigenvalue weighted by Gasteiger charge is 2.44. The van der Waals surface area contributed by atoms with Crippen LogP contribution in [0.4, 0.5) is 5.69 Å². The molecule has 1 unspecified atom stereocenters. The van der Waals surface area contributed by atoms with Crippen molar-refractivity contribution in [2.24, 2.45) is 5.41 Å². The number of carboxylic acids is 1. The molecule has 1 fully saturated rings. The third-order valence-electron chi connectivity index (χ3n) is 4.49. The van der Waals surface area contributed by atoms with Crippen LogP contribution in [0.15, 0.2) is 24.3 Å². The predicted molar refractivity (Wildman–Crippen MR) is 77.6 cm³/mol. The van der Waals surface area contributed by atoms with Crippen LogP contribution in [-0.4, -0.2) is 17.6 Å². The summed E-state index contributed by atoms with van der Waals surface area (Å²) >= 11 is 0. The van der Waals surface area contributed by atoms with Crippen LogP contribution in [-0.2, 0) is 4.79 Å². The van der Waals surface area contributed by atoms with Gasteiger partial charge in [0, 0.05) is 12.2 Å². The zero-order chi connectivity index (χ0) is 13.9. The van der Waals surface area contributed by atoms with Gasteiger partial charge in [-0.15, -0.1) is 0 Å². The Balaban J connectivity index is 1.95. The second kappa shape index (κ2) is 5.64. The lowest BCUT2D eigenvalue weighted by Gasteiger charge is -2.37. The maximum Gasteiger partial charge on any atom is 0.311 e. The first-order valence-corrected chi connectivity index (χ1v) is 7.14. The minimum atomic E-state index is -0.664. The van der Waals surface area contributed by atoms with E-state index in [-0.39, 0.29) is 0 Å². The number of hydrogen-bond acceptors (Lipinski definition) is 2. The summed E-state index contributed by atoms with van der Waals surface area (Å²) in [6, 6.07) is 8.36. The van der Waals surface area contributed by atoms with Crippen molar-refractivity contribution in [3.05, 3.63) is 29.8 Å². The third kappa shape index (κ3) is 2.91. The molecular formula is C16H23NO2. The van der Waals surface area contributed by atoms with Crippen molar-refractivity contribution in [3.8, 4) is 0 Å². The Morgan fingerprint density at radius 2 is 2.00 bits per heavy atom. The van der Waals surface area contributed by atoms with Gasteiger partial charge in [-0.05, 0) is 42.9 Å². The van der Waals surface area contributed by atoms with Crippen molar-refractivity contribution in [3.63, 3.8) is 0 Å². The third-order valence-corrected chi connectivity index (χ3v) is 4.49. The van der Waals surface area contributed by atoms with E-state index in [9.17, 15) is 9.90 Å². The summed E-state index contributed by atoms with van der Waals surface area (Å²) in [6.45, 7) is 4.94. The van der Waals surface area contributed by atoms with E-state index < -0.39 is 11.4 Å². The van der Waals surface area contributed by atoms with Crippen LogP contribution < -0.4 is 5.32 Å². The number of benzene rings is 1. The molecule has 1 atom stereocenters. The number of rotatable bonds is 6. The molecule has 1 saturated carbocycles. The monoisotopic (exact) mass is 261 g/mol. The molecule has 0 radical (unpaired) electrons. The molecule has 0 amide bonds. The number of anilines is 1. The van der Waals surface area contributed by atoms with Gasteiger partial charge in [-0.2, -0.15) is 0 Å². The summed E-state index contributed by atoms with van der Waals surface area (Å²) in [4.78, 5) is 11.3. The Morgan fingerprint density at radius 1 is 1.37 bits per heavy atom. The quantitative estimate of drug-likeness (QED) is 0.817. The fourth-order valence-corrected chi connectivity index (χ4v) is 2.51. The van der Waals surface area contributed by atoms with Gasteiger partial charge < -0.3 is 10.4 Å². The molecule has 104 valence electrons. The van der Waals surface area contributed by atoms with E-state index in [2.05, 4.69) is 43.4 Å². The standard InChI is InChI=1S/C16H23NO2/c1-3-12(2)13-5-7-14(8-6-13)17-11-16(15(18)19)9-4-10-16/h5-8,12,17H,3-4,9-11H2,1-2H3,(H,18,19). The molecule has 0 aliphatic heterocycles. The number of hydrogen-bond donors (Lipinski definition) is 2. The van der Waals surface area contributed by atoms with Gasteiger partial charge in [-0.1, -0.05) is 32.4 Å². The molecular weight excluding hydrogens is 238 g/mol. The molecule has 1 aromatic rings. The Bertz CT molecular complexity index is 435. The zero-order valence-corrected chi connectivity index (χ0v) is 11.8. The minimum Gasteiger partial charge on any atom is -0.481 e. The Hall–Kier alpha value is -1.51. The second-order valence-electron chi connectivity index (χ2n) is 5.72. The average molecular weight is 261 g/mol. The lowest BCUT2D eigenvalue weighted by Crippen LogP contribution is -2.43. The molecule has 3 nitrogen and oxygen atoms in total. The SMILES string of the molecule is CCC(C)c1ccc(NCC2(C(=O)O)CCC2)cc1. The van der Waals surface area contributed by atoms with Gasteiger partial charge in [0.25, 0.3) is 0 Å². The van der Waals surface area contributed by atoms with E-state index in [1.807, 2.05) is 0 Å². The van der Waals surface area contributed by atoms with Crippen LogP contribution in [0.1, 0.15) is 51.0 Å². The van der Waals surface area contributed by atoms with Crippen LogP contribution in [0.2, 0.25) is 0 Å². The second-order valence-corrected chi connectivity index (χ2v) is 5.72. The largest absolute Gasteiger partial charge is 0.481 e. The molecule has 1 aliphatic carbocycles. The summed E-state index contributed by atoms with van der Waals surface area (Å²) < 4.78 is 0. The molecule has 19 heavy (non-hydrogen) atoms. The smallest absolute Gasteiger partial charge is 0.311 e. The Kier molecular flexibility index (Phi) is 4.13. The van der Waals surface area contributed by atoms with E-state index in [1.54, 1.807) is 0 Å². The van der Waals surface area contributed by atoms with Crippen LogP contribution >= 0.6 is 0 Å². The summed E-state index contributed by atoms with van der Waals surface area (Å²) in [5.74, 6) is -0.0893. The van der Waals surface area contributed by atoms with Gasteiger partial charge in [0.15, 0.2) is 0 Å². The fourth-order valence-electron chi connectivity index (χ4n) is 2.51. The maximum absolute atomic E-state index is 11.3. The summed E-state index contributed by atoms with van der Waals surface area (Å²) in [5, 5.41) is 12.5. The molecule has 0 bridgehead atoms. The van der Waals surface area contributed by atoms with E-state index in [1.165, 1.54) is 5.56 Å². The maximum atomic E-state index is 11.3. The lowest BCUT2D eigenvalue weighted by molar-refractivity contribution is -0.153. The first-order chi connectivity index (χ1) is 9.07. The van der Waals surface area contributed by atoms with E-state index >= 15 is 0 Å². The molecule has 0 aromatic heterocycles. The van der Waals surface area contributed by atoms with Gasteiger partial charge in [-0.25, -0.2) is 0 Å². The highest BCUT2D eigenvalue weighted by Crippen LogP contribution is 2.41. The molecule has 0 heterocycles. The van der Waals surface area contributed by atoms with Crippen molar-refractivity contribution in [1.29, 1.82) is 0 Å². The summed E-state index contributed by atoms with van der Waals surface area (Å²) in [7, 11) is 0. The normalized spacial score (nSPS) is 18.4. The highest BCUT2D eigenvalue weighted by molar-refractivity contribution is 5.76.